The first-order valence-corrected chi connectivity index (χ1v) is 7.72. The van der Waals surface area contributed by atoms with Gasteiger partial charge in [-0.15, -0.1) is 0 Å². The molecule has 0 saturated heterocycles. The smallest absolute Gasteiger partial charge is 0.303 e. The third-order valence-corrected chi connectivity index (χ3v) is 4.96. The standard InChI is InChI=1S/C14H17NO5S/c1-20-12-3-2-11(15(18)19)6-10(12)8-21-9-14(4-5-14)7-13(16)17/h2-3,6H,4-5,7-9H2,1H3,(H,16,17). The van der Waals surface area contributed by atoms with E-state index in [-0.39, 0.29) is 17.5 Å². The molecule has 0 bridgehead atoms. The van der Waals surface area contributed by atoms with Gasteiger partial charge < -0.3 is 9.84 Å². The number of nitrogens with zero attached hydrogens (tertiary/aromatic N) is 1. The summed E-state index contributed by atoms with van der Waals surface area (Å²) in [7, 11) is 1.53. The van der Waals surface area contributed by atoms with Gasteiger partial charge in [-0.05, 0) is 30.1 Å². The minimum absolute atomic E-state index is 0.0399. The van der Waals surface area contributed by atoms with Crippen molar-refractivity contribution in [2.24, 2.45) is 5.41 Å². The molecular formula is C14H17NO5S. The second-order valence-corrected chi connectivity index (χ2v) is 6.30. The van der Waals surface area contributed by atoms with E-state index in [2.05, 4.69) is 0 Å². The third kappa shape index (κ3) is 4.10. The molecule has 1 aliphatic carbocycles. The van der Waals surface area contributed by atoms with Gasteiger partial charge in [0.15, 0.2) is 0 Å². The highest BCUT2D eigenvalue weighted by Gasteiger charge is 2.44. The van der Waals surface area contributed by atoms with E-state index in [0.29, 0.717) is 11.5 Å². The van der Waals surface area contributed by atoms with Crippen LogP contribution in [0.1, 0.15) is 24.8 Å². The number of rotatable bonds is 8. The van der Waals surface area contributed by atoms with Gasteiger partial charge in [0.05, 0.1) is 18.5 Å². The molecule has 0 aliphatic heterocycles. The SMILES string of the molecule is COc1ccc([N+](=O)[O-])cc1CSCC1(CC(=O)O)CC1. The predicted molar refractivity (Wildman–Crippen MR) is 79.7 cm³/mol. The molecule has 0 unspecified atom stereocenters. The molecule has 0 radical (unpaired) electrons. The Kier molecular flexibility index (Phi) is 4.72. The molecule has 1 fully saturated rings. The third-order valence-electron chi connectivity index (χ3n) is 3.62. The number of carboxylic acids is 1. The van der Waals surface area contributed by atoms with Gasteiger partial charge >= 0.3 is 5.97 Å². The summed E-state index contributed by atoms with van der Waals surface area (Å²) in [4.78, 5) is 21.2. The highest BCUT2D eigenvalue weighted by molar-refractivity contribution is 7.98. The molecule has 1 aromatic carbocycles. The van der Waals surface area contributed by atoms with Crippen LogP contribution in [0, 0.1) is 15.5 Å². The van der Waals surface area contributed by atoms with Gasteiger partial charge in [-0.2, -0.15) is 11.8 Å². The first kappa shape index (κ1) is 15.6. The Morgan fingerprint density at radius 2 is 2.24 bits per heavy atom. The molecule has 1 N–H and O–H groups in total. The number of thioether (sulfide) groups is 1. The number of ether oxygens (including phenoxy) is 1. The van der Waals surface area contributed by atoms with E-state index in [0.717, 1.165) is 24.2 Å². The van der Waals surface area contributed by atoms with Gasteiger partial charge in [-0.1, -0.05) is 0 Å². The Morgan fingerprint density at radius 3 is 2.76 bits per heavy atom. The molecule has 6 nitrogen and oxygen atoms in total. The normalized spacial score (nSPS) is 15.5. The van der Waals surface area contributed by atoms with Crippen molar-refractivity contribution in [2.45, 2.75) is 25.0 Å². The highest BCUT2D eigenvalue weighted by atomic mass is 32.2. The summed E-state index contributed by atoms with van der Waals surface area (Å²) in [5.41, 5.74) is 0.727. The van der Waals surface area contributed by atoms with Gasteiger partial charge in [0.1, 0.15) is 5.75 Å². The average molecular weight is 311 g/mol. The van der Waals surface area contributed by atoms with Gasteiger partial charge in [0.2, 0.25) is 0 Å². The number of benzene rings is 1. The number of nitro benzene ring substituents is 1. The van der Waals surface area contributed by atoms with Crippen LogP contribution in [0.3, 0.4) is 0 Å². The van der Waals surface area contributed by atoms with E-state index in [9.17, 15) is 14.9 Å². The monoisotopic (exact) mass is 311 g/mol. The molecule has 1 aliphatic rings. The number of non-ortho nitro benzene ring substituents is 1. The van der Waals surface area contributed by atoms with E-state index in [1.807, 2.05) is 0 Å². The first-order valence-electron chi connectivity index (χ1n) is 6.57. The zero-order valence-electron chi connectivity index (χ0n) is 11.7. The van der Waals surface area contributed by atoms with Crippen molar-refractivity contribution in [1.29, 1.82) is 0 Å². The zero-order chi connectivity index (χ0) is 15.5. The number of carboxylic acid groups (broad SMARTS) is 1. The second kappa shape index (κ2) is 6.34. The maximum absolute atomic E-state index is 10.8. The van der Waals surface area contributed by atoms with Crippen LogP contribution in [0.25, 0.3) is 0 Å². The van der Waals surface area contributed by atoms with Gasteiger partial charge in [-0.3, -0.25) is 14.9 Å². The van der Waals surface area contributed by atoms with Crippen LogP contribution in [0.15, 0.2) is 18.2 Å². The highest BCUT2D eigenvalue weighted by Crippen LogP contribution is 2.51. The maximum atomic E-state index is 10.8. The zero-order valence-corrected chi connectivity index (χ0v) is 12.5. The Morgan fingerprint density at radius 1 is 1.52 bits per heavy atom. The van der Waals surface area contributed by atoms with E-state index < -0.39 is 10.9 Å². The lowest BCUT2D eigenvalue weighted by Gasteiger charge is -2.13. The largest absolute Gasteiger partial charge is 0.496 e. The van der Waals surface area contributed by atoms with Crippen LogP contribution in [-0.4, -0.2) is 28.9 Å². The van der Waals surface area contributed by atoms with E-state index in [1.165, 1.54) is 19.2 Å². The lowest BCUT2D eigenvalue weighted by molar-refractivity contribution is -0.384. The van der Waals surface area contributed by atoms with Crippen molar-refractivity contribution >= 4 is 23.4 Å². The minimum Gasteiger partial charge on any atom is -0.496 e. The number of aliphatic carboxylic acids is 1. The molecule has 1 aromatic rings. The molecule has 2 rings (SSSR count). The van der Waals surface area contributed by atoms with Crippen LogP contribution in [0.2, 0.25) is 0 Å². The molecule has 1 saturated carbocycles. The van der Waals surface area contributed by atoms with Crippen molar-refractivity contribution in [3.8, 4) is 5.75 Å². The van der Waals surface area contributed by atoms with Crippen molar-refractivity contribution < 1.29 is 19.6 Å². The fourth-order valence-corrected chi connectivity index (χ4v) is 3.61. The van der Waals surface area contributed by atoms with Crippen LogP contribution in [-0.2, 0) is 10.5 Å². The molecule has 7 heteroatoms. The fraction of sp³-hybridized carbons (Fsp3) is 0.500. The maximum Gasteiger partial charge on any atom is 0.303 e. The Bertz CT molecular complexity index is 556. The predicted octanol–water partition coefficient (Wildman–Crippen LogP) is 3.09. The molecule has 21 heavy (non-hydrogen) atoms. The van der Waals surface area contributed by atoms with E-state index >= 15 is 0 Å². The van der Waals surface area contributed by atoms with Crippen molar-refractivity contribution in [3.63, 3.8) is 0 Å². The number of nitro groups is 1. The van der Waals surface area contributed by atoms with Crippen LogP contribution < -0.4 is 4.74 Å². The minimum atomic E-state index is -0.763. The van der Waals surface area contributed by atoms with Gasteiger partial charge in [0, 0.05) is 23.4 Å². The molecule has 0 atom stereocenters. The molecule has 0 spiro atoms. The first-order chi connectivity index (χ1) is 9.96. The molecule has 0 heterocycles. The summed E-state index contributed by atoms with van der Waals surface area (Å²) in [6.45, 7) is 0. The topological polar surface area (TPSA) is 89.7 Å². The number of hydrogen-bond donors (Lipinski definition) is 1. The molecule has 0 aromatic heterocycles. The molecule has 114 valence electrons. The summed E-state index contributed by atoms with van der Waals surface area (Å²) in [6.07, 6.45) is 2.09. The van der Waals surface area contributed by atoms with Crippen molar-refractivity contribution in [2.75, 3.05) is 12.9 Å². The van der Waals surface area contributed by atoms with Crippen LogP contribution in [0.5, 0.6) is 5.75 Å². The quantitative estimate of drug-likeness (QED) is 0.586. The summed E-state index contributed by atoms with van der Waals surface area (Å²) in [5, 5.41) is 19.7. The average Bonchev–Trinajstić information content (AvgIpc) is 3.17. The summed E-state index contributed by atoms with van der Waals surface area (Å²) < 4.78 is 5.21. The number of hydrogen-bond acceptors (Lipinski definition) is 5. The summed E-state index contributed by atoms with van der Waals surface area (Å²) >= 11 is 1.60. The van der Waals surface area contributed by atoms with Gasteiger partial charge in [0.25, 0.3) is 5.69 Å². The lowest BCUT2D eigenvalue weighted by Crippen LogP contribution is -2.11. The van der Waals surface area contributed by atoms with Crippen LogP contribution in [0.4, 0.5) is 5.69 Å². The second-order valence-electron chi connectivity index (χ2n) is 5.32. The van der Waals surface area contributed by atoms with E-state index in [1.54, 1.807) is 17.8 Å². The number of carbonyl (C=O) groups is 1. The Hall–Kier alpha value is -1.76. The Labute approximate surface area is 126 Å². The molecule has 0 amide bonds. The fourth-order valence-electron chi connectivity index (χ4n) is 2.24. The summed E-state index contributed by atoms with van der Waals surface area (Å²) in [5.74, 6) is 1.19. The van der Waals surface area contributed by atoms with E-state index in [4.69, 9.17) is 9.84 Å². The molecular weight excluding hydrogens is 294 g/mol. The number of methoxy groups -OCH3 is 1. The van der Waals surface area contributed by atoms with Gasteiger partial charge in [-0.25, -0.2) is 0 Å². The van der Waals surface area contributed by atoms with Crippen molar-refractivity contribution in [3.05, 3.63) is 33.9 Å². The Balaban J connectivity index is 1.97. The van der Waals surface area contributed by atoms with Crippen molar-refractivity contribution in [1.82, 2.24) is 0 Å². The summed E-state index contributed by atoms with van der Waals surface area (Å²) in [6, 6.07) is 4.53. The van der Waals surface area contributed by atoms with Crippen LogP contribution >= 0.6 is 11.8 Å². The lowest BCUT2D eigenvalue weighted by atomic mass is 10.1.